The van der Waals surface area contributed by atoms with Gasteiger partial charge >= 0.3 is 6.03 Å². The summed E-state index contributed by atoms with van der Waals surface area (Å²) in [6.07, 6.45) is 4.71. The topological polar surface area (TPSA) is 67.5 Å². The van der Waals surface area contributed by atoms with Gasteiger partial charge in [-0.3, -0.25) is 0 Å². The number of benzene rings is 1. The third kappa shape index (κ3) is 2.64. The molecule has 0 radical (unpaired) electrons. The molecular formula is C13H17N3O. The molecule has 0 fully saturated rings. The Bertz CT molecular complexity index is 466. The number of amides is 2. The number of rotatable bonds is 2. The van der Waals surface area contributed by atoms with Gasteiger partial charge in [0.15, 0.2) is 0 Å². The van der Waals surface area contributed by atoms with Crippen LogP contribution in [0, 0.1) is 0 Å². The van der Waals surface area contributed by atoms with E-state index in [4.69, 9.17) is 5.73 Å². The van der Waals surface area contributed by atoms with Crippen molar-refractivity contribution in [2.24, 2.45) is 10.8 Å². The smallest absolute Gasteiger partial charge is 0.332 e. The highest BCUT2D eigenvalue weighted by Gasteiger charge is 2.14. The molecule has 0 saturated heterocycles. The van der Waals surface area contributed by atoms with Crippen LogP contribution in [0.4, 0.5) is 4.79 Å². The van der Waals surface area contributed by atoms with Crippen LogP contribution in [-0.4, -0.2) is 11.7 Å². The van der Waals surface area contributed by atoms with Crippen LogP contribution in [0.2, 0.25) is 0 Å². The molecule has 2 amide bonds. The molecule has 0 spiro atoms. The van der Waals surface area contributed by atoms with Crippen molar-refractivity contribution in [3.05, 3.63) is 34.9 Å². The van der Waals surface area contributed by atoms with E-state index in [2.05, 4.69) is 16.6 Å². The summed E-state index contributed by atoms with van der Waals surface area (Å²) in [4.78, 5) is 10.6. The predicted molar refractivity (Wildman–Crippen MR) is 68.0 cm³/mol. The number of hydrogen-bond acceptors (Lipinski definition) is 2. The second-order valence-corrected chi connectivity index (χ2v) is 4.32. The molecule has 2 rings (SSSR count). The lowest BCUT2D eigenvalue weighted by Gasteiger charge is -2.19. The zero-order chi connectivity index (χ0) is 12.3. The monoisotopic (exact) mass is 231 g/mol. The van der Waals surface area contributed by atoms with Crippen LogP contribution < -0.4 is 11.2 Å². The second kappa shape index (κ2) is 4.99. The molecule has 1 aliphatic carbocycles. The Morgan fingerprint density at radius 2 is 2.12 bits per heavy atom. The number of carbonyl (C=O) groups excluding carboxylic acids is 1. The summed E-state index contributed by atoms with van der Waals surface area (Å²) in [5.41, 5.74) is 12.0. The highest BCUT2D eigenvalue weighted by molar-refractivity contribution is 6.00. The van der Waals surface area contributed by atoms with Crippen LogP contribution in [0.5, 0.6) is 0 Å². The van der Waals surface area contributed by atoms with Crippen molar-refractivity contribution in [3.63, 3.8) is 0 Å². The summed E-state index contributed by atoms with van der Waals surface area (Å²) in [6, 6.07) is 5.63. The Kier molecular flexibility index (Phi) is 3.42. The largest absolute Gasteiger partial charge is 0.350 e. The predicted octanol–water partition coefficient (Wildman–Crippen LogP) is 1.96. The van der Waals surface area contributed by atoms with Crippen molar-refractivity contribution >= 4 is 11.7 Å². The van der Waals surface area contributed by atoms with Crippen LogP contribution in [0.25, 0.3) is 0 Å². The molecule has 0 saturated carbocycles. The normalized spacial score (nSPS) is 15.2. The first-order valence-corrected chi connectivity index (χ1v) is 5.89. The Labute approximate surface area is 101 Å². The quantitative estimate of drug-likeness (QED) is 0.593. The highest BCUT2D eigenvalue weighted by atomic mass is 16.2. The van der Waals surface area contributed by atoms with Crippen molar-refractivity contribution < 1.29 is 4.79 Å². The van der Waals surface area contributed by atoms with Gasteiger partial charge in [0.1, 0.15) is 0 Å². The lowest BCUT2D eigenvalue weighted by Crippen LogP contribution is -2.25. The maximum absolute atomic E-state index is 10.6. The van der Waals surface area contributed by atoms with E-state index in [9.17, 15) is 4.79 Å². The van der Waals surface area contributed by atoms with Crippen molar-refractivity contribution in [1.29, 1.82) is 0 Å². The summed E-state index contributed by atoms with van der Waals surface area (Å²) in [5.74, 6) is 0. The second-order valence-electron chi connectivity index (χ2n) is 4.32. The van der Waals surface area contributed by atoms with Gasteiger partial charge < -0.3 is 5.73 Å². The summed E-state index contributed by atoms with van der Waals surface area (Å²) in [6.45, 7) is 1.89. The first-order valence-electron chi connectivity index (χ1n) is 5.89. The first-order chi connectivity index (χ1) is 8.18. The number of urea groups is 1. The third-order valence-electron chi connectivity index (χ3n) is 3.12. The van der Waals surface area contributed by atoms with Gasteiger partial charge in [-0.05, 0) is 43.7 Å². The van der Waals surface area contributed by atoms with E-state index in [-0.39, 0.29) is 0 Å². The van der Waals surface area contributed by atoms with Gasteiger partial charge in [-0.25, -0.2) is 10.2 Å². The zero-order valence-electron chi connectivity index (χ0n) is 9.99. The van der Waals surface area contributed by atoms with Crippen molar-refractivity contribution in [2.75, 3.05) is 0 Å². The van der Waals surface area contributed by atoms with Gasteiger partial charge in [0, 0.05) is 5.56 Å². The SMILES string of the molecule is C/C(=N\NC(N)=O)c1cccc2c1CCCC2. The van der Waals surface area contributed by atoms with E-state index < -0.39 is 6.03 Å². The number of fused-ring (bicyclic) bond motifs is 1. The maximum Gasteiger partial charge on any atom is 0.332 e. The number of nitrogens with zero attached hydrogens (tertiary/aromatic N) is 1. The molecule has 3 N–H and O–H groups in total. The van der Waals surface area contributed by atoms with E-state index in [1.807, 2.05) is 19.1 Å². The molecule has 1 aromatic rings. The molecule has 0 aromatic heterocycles. The zero-order valence-corrected chi connectivity index (χ0v) is 9.99. The van der Waals surface area contributed by atoms with Gasteiger partial charge in [0.25, 0.3) is 0 Å². The van der Waals surface area contributed by atoms with Gasteiger partial charge in [0.05, 0.1) is 5.71 Å². The molecule has 90 valence electrons. The number of hydrogen-bond donors (Lipinski definition) is 2. The average Bonchev–Trinajstić information content (AvgIpc) is 2.35. The maximum atomic E-state index is 10.6. The minimum atomic E-state index is -0.630. The van der Waals surface area contributed by atoms with Crippen LogP contribution in [0.1, 0.15) is 36.5 Å². The lowest BCUT2D eigenvalue weighted by molar-refractivity contribution is 0.249. The lowest BCUT2D eigenvalue weighted by atomic mass is 9.87. The minimum absolute atomic E-state index is 0.630. The number of carbonyl (C=O) groups is 1. The number of nitrogens with one attached hydrogen (secondary N) is 1. The van der Waals surface area contributed by atoms with Crippen molar-refractivity contribution in [3.8, 4) is 0 Å². The van der Waals surface area contributed by atoms with E-state index in [1.165, 1.54) is 24.0 Å². The first kappa shape index (κ1) is 11.6. The Hall–Kier alpha value is -1.84. The number of primary amides is 1. The molecule has 4 heteroatoms. The molecule has 1 aliphatic rings. The van der Waals surface area contributed by atoms with E-state index in [0.29, 0.717) is 0 Å². The summed E-state index contributed by atoms with van der Waals surface area (Å²) >= 11 is 0. The Morgan fingerprint density at radius 1 is 1.35 bits per heavy atom. The van der Waals surface area contributed by atoms with Crippen LogP contribution in [-0.2, 0) is 12.8 Å². The summed E-state index contributed by atoms with van der Waals surface area (Å²) < 4.78 is 0. The van der Waals surface area contributed by atoms with Crippen molar-refractivity contribution in [2.45, 2.75) is 32.6 Å². The standard InChI is InChI=1S/C13H17N3O/c1-9(15-16-13(14)17)11-8-4-6-10-5-2-3-7-12(10)11/h4,6,8H,2-3,5,7H2,1H3,(H3,14,16,17)/b15-9+. The van der Waals surface area contributed by atoms with Gasteiger partial charge in [0.2, 0.25) is 0 Å². The van der Waals surface area contributed by atoms with Crippen LogP contribution >= 0.6 is 0 Å². The van der Waals surface area contributed by atoms with Gasteiger partial charge in [-0.1, -0.05) is 18.2 Å². The Balaban J connectivity index is 2.32. The highest BCUT2D eigenvalue weighted by Crippen LogP contribution is 2.24. The molecule has 0 atom stereocenters. The van der Waals surface area contributed by atoms with Gasteiger partial charge in [-0.2, -0.15) is 5.10 Å². The van der Waals surface area contributed by atoms with E-state index >= 15 is 0 Å². The van der Waals surface area contributed by atoms with E-state index in [0.717, 1.165) is 24.1 Å². The number of nitrogens with two attached hydrogens (primary N) is 1. The molecule has 0 bridgehead atoms. The number of hydrazone groups is 1. The van der Waals surface area contributed by atoms with Crippen molar-refractivity contribution in [1.82, 2.24) is 5.43 Å². The molecule has 1 aromatic carbocycles. The number of aryl methyl sites for hydroxylation is 1. The van der Waals surface area contributed by atoms with Gasteiger partial charge in [-0.15, -0.1) is 0 Å². The third-order valence-corrected chi connectivity index (χ3v) is 3.12. The molecule has 0 aliphatic heterocycles. The van der Waals surface area contributed by atoms with E-state index in [1.54, 1.807) is 0 Å². The fraction of sp³-hybridized carbons (Fsp3) is 0.385. The summed E-state index contributed by atoms with van der Waals surface area (Å²) in [7, 11) is 0. The van der Waals surface area contributed by atoms with Crippen LogP contribution in [0.3, 0.4) is 0 Å². The fourth-order valence-electron chi connectivity index (χ4n) is 2.32. The molecule has 0 heterocycles. The molecule has 0 unspecified atom stereocenters. The van der Waals surface area contributed by atoms with Crippen LogP contribution in [0.15, 0.2) is 23.3 Å². The molecule has 4 nitrogen and oxygen atoms in total. The molecule has 17 heavy (non-hydrogen) atoms. The molecular weight excluding hydrogens is 214 g/mol. The average molecular weight is 231 g/mol. The summed E-state index contributed by atoms with van der Waals surface area (Å²) in [5, 5.41) is 3.99. The minimum Gasteiger partial charge on any atom is -0.350 e. The fourth-order valence-corrected chi connectivity index (χ4v) is 2.32. The Morgan fingerprint density at radius 3 is 2.88 bits per heavy atom.